The van der Waals surface area contributed by atoms with Crippen molar-refractivity contribution in [3.8, 4) is 0 Å². The van der Waals surface area contributed by atoms with Gasteiger partial charge in [-0.05, 0) is 56.2 Å². The molecule has 1 aromatic rings. The van der Waals surface area contributed by atoms with Gasteiger partial charge in [-0.3, -0.25) is 0 Å². The van der Waals surface area contributed by atoms with Crippen LogP contribution >= 0.6 is 11.3 Å². The second-order valence-electron chi connectivity index (χ2n) is 5.34. The fraction of sp³-hybridized carbons (Fsp3) is 0.625. The summed E-state index contributed by atoms with van der Waals surface area (Å²) in [7, 11) is 0. The van der Waals surface area contributed by atoms with Crippen LogP contribution in [0.3, 0.4) is 0 Å². The van der Waals surface area contributed by atoms with Gasteiger partial charge in [0.15, 0.2) is 0 Å². The molecule has 2 heteroatoms. The molecule has 1 aromatic heterocycles. The summed E-state index contributed by atoms with van der Waals surface area (Å²) in [6, 6.07) is 4.62. The molecular weight excluding hydrogens is 238 g/mol. The van der Waals surface area contributed by atoms with Crippen molar-refractivity contribution in [3.63, 3.8) is 0 Å². The van der Waals surface area contributed by atoms with E-state index in [9.17, 15) is 0 Å². The van der Waals surface area contributed by atoms with Crippen LogP contribution in [0.15, 0.2) is 24.8 Å². The molecule has 0 spiro atoms. The Morgan fingerprint density at radius 1 is 1.50 bits per heavy atom. The standard InChI is InChI=1S/C16H25NS/c1-3-5-13(4-2)10-11-17-12-15-8-9-16(18-15)14-6-7-14/h3,8-9,13-14,17H,1,4-7,10-12H2,2H3. The second kappa shape index (κ2) is 7.10. The van der Waals surface area contributed by atoms with Gasteiger partial charge in [-0.25, -0.2) is 0 Å². The maximum Gasteiger partial charge on any atom is 0.0299 e. The molecule has 0 amide bonds. The van der Waals surface area contributed by atoms with Crippen molar-refractivity contribution in [2.24, 2.45) is 5.92 Å². The van der Waals surface area contributed by atoms with Crippen LogP contribution in [-0.2, 0) is 6.54 Å². The Morgan fingerprint density at radius 2 is 2.33 bits per heavy atom. The third-order valence-corrected chi connectivity index (χ3v) is 5.02. The van der Waals surface area contributed by atoms with Crippen molar-refractivity contribution in [2.75, 3.05) is 6.54 Å². The number of thiophene rings is 1. The molecule has 100 valence electrons. The van der Waals surface area contributed by atoms with Crippen LogP contribution < -0.4 is 5.32 Å². The predicted octanol–water partition coefficient (Wildman–Crippen LogP) is 4.71. The molecule has 18 heavy (non-hydrogen) atoms. The summed E-state index contributed by atoms with van der Waals surface area (Å²) in [5.41, 5.74) is 0. The molecule has 1 nitrogen and oxygen atoms in total. The van der Waals surface area contributed by atoms with E-state index in [1.807, 2.05) is 11.3 Å². The summed E-state index contributed by atoms with van der Waals surface area (Å²) in [4.78, 5) is 3.10. The molecule has 0 radical (unpaired) electrons. The van der Waals surface area contributed by atoms with Crippen LogP contribution in [0.25, 0.3) is 0 Å². The average molecular weight is 263 g/mol. The van der Waals surface area contributed by atoms with E-state index in [-0.39, 0.29) is 0 Å². The molecule has 0 bridgehead atoms. The van der Waals surface area contributed by atoms with Crippen molar-refractivity contribution >= 4 is 11.3 Å². The summed E-state index contributed by atoms with van der Waals surface area (Å²) in [6.45, 7) is 8.28. The van der Waals surface area contributed by atoms with E-state index in [1.165, 1.54) is 30.6 Å². The Balaban J connectivity index is 1.63. The van der Waals surface area contributed by atoms with Crippen molar-refractivity contribution < 1.29 is 0 Å². The van der Waals surface area contributed by atoms with Gasteiger partial charge in [-0.2, -0.15) is 0 Å². The zero-order valence-corrected chi connectivity index (χ0v) is 12.3. The summed E-state index contributed by atoms with van der Waals surface area (Å²) >= 11 is 2.00. The normalized spacial score (nSPS) is 16.7. The number of nitrogens with one attached hydrogen (secondary N) is 1. The SMILES string of the molecule is C=CCC(CC)CCNCc1ccc(C2CC2)s1. The van der Waals surface area contributed by atoms with Crippen LogP contribution in [0.4, 0.5) is 0 Å². The maximum atomic E-state index is 3.83. The van der Waals surface area contributed by atoms with E-state index in [0.717, 1.165) is 31.3 Å². The Bertz CT molecular complexity index is 365. The highest BCUT2D eigenvalue weighted by atomic mass is 32.1. The monoisotopic (exact) mass is 263 g/mol. The van der Waals surface area contributed by atoms with E-state index >= 15 is 0 Å². The minimum absolute atomic E-state index is 0.806. The fourth-order valence-corrected chi connectivity index (χ4v) is 3.47. The molecule has 1 aliphatic rings. The lowest BCUT2D eigenvalue weighted by atomic mass is 9.99. The summed E-state index contributed by atoms with van der Waals surface area (Å²) in [6.07, 6.45) is 8.56. The van der Waals surface area contributed by atoms with Crippen LogP contribution in [0.5, 0.6) is 0 Å². The summed E-state index contributed by atoms with van der Waals surface area (Å²) in [5, 5.41) is 3.57. The fourth-order valence-electron chi connectivity index (χ4n) is 2.32. The molecule has 1 heterocycles. The Morgan fingerprint density at radius 3 is 3.00 bits per heavy atom. The zero-order chi connectivity index (χ0) is 12.8. The van der Waals surface area contributed by atoms with Crippen molar-refractivity contribution in [1.29, 1.82) is 0 Å². The third kappa shape index (κ3) is 4.25. The van der Waals surface area contributed by atoms with Crippen LogP contribution in [0.2, 0.25) is 0 Å². The third-order valence-electron chi connectivity index (χ3n) is 3.77. The van der Waals surface area contributed by atoms with Gasteiger partial charge in [0.2, 0.25) is 0 Å². The first-order valence-corrected chi connectivity index (χ1v) is 8.05. The van der Waals surface area contributed by atoms with E-state index < -0.39 is 0 Å². The Hall–Kier alpha value is -0.600. The molecule has 1 fully saturated rings. The minimum Gasteiger partial charge on any atom is -0.312 e. The van der Waals surface area contributed by atoms with Crippen molar-refractivity contribution in [2.45, 2.75) is 51.5 Å². The number of allylic oxidation sites excluding steroid dienone is 1. The molecule has 2 rings (SSSR count). The molecular formula is C16H25NS. The van der Waals surface area contributed by atoms with Gasteiger partial charge < -0.3 is 5.32 Å². The van der Waals surface area contributed by atoms with Gasteiger partial charge in [-0.15, -0.1) is 17.9 Å². The second-order valence-corrected chi connectivity index (χ2v) is 6.54. The predicted molar refractivity (Wildman–Crippen MR) is 81.2 cm³/mol. The zero-order valence-electron chi connectivity index (χ0n) is 11.5. The molecule has 1 aliphatic carbocycles. The number of rotatable bonds is 9. The van der Waals surface area contributed by atoms with E-state index in [0.29, 0.717) is 0 Å². The van der Waals surface area contributed by atoms with Gasteiger partial charge >= 0.3 is 0 Å². The molecule has 0 saturated heterocycles. The van der Waals surface area contributed by atoms with E-state index in [1.54, 1.807) is 4.88 Å². The summed E-state index contributed by atoms with van der Waals surface area (Å²) in [5.74, 6) is 1.71. The highest BCUT2D eigenvalue weighted by molar-refractivity contribution is 7.12. The summed E-state index contributed by atoms with van der Waals surface area (Å²) < 4.78 is 0. The Labute approximate surface area is 115 Å². The van der Waals surface area contributed by atoms with Crippen LogP contribution in [-0.4, -0.2) is 6.54 Å². The first-order valence-electron chi connectivity index (χ1n) is 7.23. The maximum absolute atomic E-state index is 3.83. The van der Waals surface area contributed by atoms with Crippen LogP contribution in [0.1, 0.15) is 54.7 Å². The van der Waals surface area contributed by atoms with Crippen molar-refractivity contribution in [1.82, 2.24) is 5.32 Å². The van der Waals surface area contributed by atoms with Crippen LogP contribution in [0, 0.1) is 5.92 Å². The highest BCUT2D eigenvalue weighted by Gasteiger charge is 2.24. The van der Waals surface area contributed by atoms with E-state index in [4.69, 9.17) is 0 Å². The molecule has 1 saturated carbocycles. The number of hydrogen-bond acceptors (Lipinski definition) is 2. The minimum atomic E-state index is 0.806. The lowest BCUT2D eigenvalue weighted by Crippen LogP contribution is -2.16. The van der Waals surface area contributed by atoms with E-state index in [2.05, 4.69) is 37.0 Å². The van der Waals surface area contributed by atoms with Gasteiger partial charge in [-0.1, -0.05) is 19.4 Å². The molecule has 0 aromatic carbocycles. The quantitative estimate of drug-likeness (QED) is 0.502. The average Bonchev–Trinajstić information content (AvgIpc) is 3.13. The topological polar surface area (TPSA) is 12.0 Å². The molecule has 1 atom stereocenters. The first-order chi connectivity index (χ1) is 8.83. The van der Waals surface area contributed by atoms with Gasteiger partial charge in [0.25, 0.3) is 0 Å². The first kappa shape index (κ1) is 13.8. The molecule has 0 aliphatic heterocycles. The number of hydrogen-bond donors (Lipinski definition) is 1. The largest absolute Gasteiger partial charge is 0.312 e. The van der Waals surface area contributed by atoms with Crippen molar-refractivity contribution in [3.05, 3.63) is 34.5 Å². The lowest BCUT2D eigenvalue weighted by Gasteiger charge is -2.12. The Kier molecular flexibility index (Phi) is 5.45. The highest BCUT2D eigenvalue weighted by Crippen LogP contribution is 2.43. The van der Waals surface area contributed by atoms with Gasteiger partial charge in [0, 0.05) is 16.3 Å². The molecule has 1 unspecified atom stereocenters. The molecule has 1 N–H and O–H groups in total. The van der Waals surface area contributed by atoms with Gasteiger partial charge in [0.1, 0.15) is 0 Å². The smallest absolute Gasteiger partial charge is 0.0299 e. The lowest BCUT2D eigenvalue weighted by molar-refractivity contribution is 0.456. The van der Waals surface area contributed by atoms with Gasteiger partial charge in [0.05, 0.1) is 0 Å².